The van der Waals surface area contributed by atoms with E-state index in [2.05, 4.69) is 58.5 Å². The average molecular weight is 320 g/mol. The van der Waals surface area contributed by atoms with E-state index in [0.717, 1.165) is 25.3 Å². The van der Waals surface area contributed by atoms with Crippen molar-refractivity contribution in [2.45, 2.75) is 25.4 Å². The van der Waals surface area contributed by atoms with E-state index in [1.165, 1.54) is 17.5 Å². The highest BCUT2D eigenvalue weighted by Gasteiger charge is 2.41. The Morgan fingerprint density at radius 3 is 2.92 bits per heavy atom. The largest absolute Gasteiger partial charge is 0.384 e. The van der Waals surface area contributed by atoms with E-state index in [1.54, 1.807) is 0 Å². The van der Waals surface area contributed by atoms with E-state index in [-0.39, 0.29) is 5.54 Å². The third-order valence-corrected chi connectivity index (χ3v) is 5.47. The summed E-state index contributed by atoms with van der Waals surface area (Å²) in [5, 5.41) is 3.61. The van der Waals surface area contributed by atoms with Crippen LogP contribution in [0.5, 0.6) is 0 Å². The lowest BCUT2D eigenvalue weighted by Crippen LogP contribution is -2.46. The van der Waals surface area contributed by atoms with Gasteiger partial charge in [-0.2, -0.15) is 0 Å². The topological polar surface area (TPSA) is 54.2 Å². The molecule has 0 aliphatic carbocycles. The average Bonchev–Trinajstić information content (AvgIpc) is 3.05. The fourth-order valence-electron chi connectivity index (χ4n) is 4.06. The first kappa shape index (κ1) is 15.2. The quantitative estimate of drug-likeness (QED) is 0.913. The van der Waals surface area contributed by atoms with Crippen molar-refractivity contribution in [3.8, 4) is 0 Å². The molecule has 4 rings (SSSR count). The van der Waals surface area contributed by atoms with Crippen LogP contribution in [0.4, 0.5) is 5.82 Å². The summed E-state index contributed by atoms with van der Waals surface area (Å²) in [5.41, 5.74) is 9.41. The van der Waals surface area contributed by atoms with E-state index < -0.39 is 0 Å². The molecule has 3 heterocycles. The molecule has 2 unspecified atom stereocenters. The van der Waals surface area contributed by atoms with Gasteiger partial charge in [-0.15, -0.1) is 0 Å². The van der Waals surface area contributed by atoms with E-state index in [9.17, 15) is 0 Å². The molecule has 0 radical (unpaired) electrons. The second kappa shape index (κ2) is 5.95. The summed E-state index contributed by atoms with van der Waals surface area (Å²) in [6.07, 6.45) is 5.23. The number of pyridine rings is 1. The summed E-state index contributed by atoms with van der Waals surface area (Å²) in [7, 11) is 0. The highest BCUT2D eigenvalue weighted by atomic mass is 15.2. The number of nitrogen functional groups attached to an aromatic ring is 1. The Morgan fingerprint density at radius 1 is 1.25 bits per heavy atom. The summed E-state index contributed by atoms with van der Waals surface area (Å²) >= 11 is 0. The fraction of sp³-hybridized carbons (Fsp3) is 0.350. The van der Waals surface area contributed by atoms with Crippen LogP contribution in [0.15, 0.2) is 48.7 Å². The molecule has 4 heteroatoms. The number of aromatic nitrogens is 1. The lowest BCUT2D eigenvalue weighted by molar-refractivity contribution is 0.237. The molecule has 1 aromatic carbocycles. The van der Waals surface area contributed by atoms with Crippen LogP contribution >= 0.6 is 0 Å². The first-order valence-electron chi connectivity index (χ1n) is 8.63. The highest BCUT2D eigenvalue weighted by Crippen LogP contribution is 2.39. The first-order valence-corrected chi connectivity index (χ1v) is 8.63. The Balaban J connectivity index is 1.54. The highest BCUT2D eigenvalue weighted by molar-refractivity contribution is 5.57. The molecule has 24 heavy (non-hydrogen) atoms. The maximum atomic E-state index is 5.86. The molecular formula is C20H24N4. The van der Waals surface area contributed by atoms with Crippen molar-refractivity contribution in [3.05, 3.63) is 65.5 Å². The number of likely N-dealkylation sites (tertiary alicyclic amines) is 1. The molecule has 4 nitrogen and oxygen atoms in total. The number of anilines is 1. The van der Waals surface area contributed by atoms with Crippen molar-refractivity contribution in [1.82, 2.24) is 15.2 Å². The maximum absolute atomic E-state index is 5.86. The smallest absolute Gasteiger partial charge is 0.124 e. The normalized spacial score (nSPS) is 26.1. The van der Waals surface area contributed by atoms with Crippen molar-refractivity contribution in [2.75, 3.05) is 18.8 Å². The van der Waals surface area contributed by atoms with Gasteiger partial charge in [0.05, 0.1) is 11.2 Å². The van der Waals surface area contributed by atoms with Gasteiger partial charge in [0.2, 0.25) is 0 Å². The Labute approximate surface area is 143 Å². The van der Waals surface area contributed by atoms with Gasteiger partial charge in [0.25, 0.3) is 0 Å². The number of nitrogens with one attached hydrogen (secondary N) is 1. The Morgan fingerprint density at radius 2 is 2.08 bits per heavy atom. The molecule has 1 saturated heterocycles. The van der Waals surface area contributed by atoms with Crippen LogP contribution < -0.4 is 11.1 Å². The lowest BCUT2D eigenvalue weighted by Gasteiger charge is -2.39. The van der Waals surface area contributed by atoms with Crippen molar-refractivity contribution in [2.24, 2.45) is 5.92 Å². The summed E-state index contributed by atoms with van der Waals surface area (Å²) in [5.74, 6) is 1.13. The van der Waals surface area contributed by atoms with Gasteiger partial charge in [-0.25, -0.2) is 4.98 Å². The predicted octanol–water partition coefficient (Wildman–Crippen LogP) is 2.98. The van der Waals surface area contributed by atoms with Gasteiger partial charge in [-0.3, -0.25) is 4.90 Å². The van der Waals surface area contributed by atoms with Crippen molar-refractivity contribution < 1.29 is 0 Å². The van der Waals surface area contributed by atoms with Crippen LogP contribution in [0.1, 0.15) is 30.2 Å². The molecule has 0 saturated carbocycles. The zero-order chi connectivity index (χ0) is 16.6. The Kier molecular flexibility index (Phi) is 3.77. The van der Waals surface area contributed by atoms with E-state index in [4.69, 9.17) is 5.73 Å². The van der Waals surface area contributed by atoms with Crippen molar-refractivity contribution in [1.29, 1.82) is 0 Å². The molecule has 2 aliphatic rings. The number of hydrogen-bond donors (Lipinski definition) is 2. The monoisotopic (exact) mass is 320 g/mol. The molecule has 3 N–H and O–H groups in total. The van der Waals surface area contributed by atoms with Crippen LogP contribution in [-0.2, 0) is 12.1 Å². The molecule has 2 aromatic rings. The second-order valence-corrected chi connectivity index (χ2v) is 7.06. The molecule has 0 spiro atoms. The summed E-state index contributed by atoms with van der Waals surface area (Å²) in [6.45, 7) is 5.55. The maximum Gasteiger partial charge on any atom is 0.124 e. The fourth-order valence-corrected chi connectivity index (χ4v) is 4.06. The van der Waals surface area contributed by atoms with Gasteiger partial charge < -0.3 is 11.1 Å². The number of hydrogen-bond acceptors (Lipinski definition) is 4. The molecule has 2 aliphatic heterocycles. The lowest BCUT2D eigenvalue weighted by atomic mass is 9.77. The van der Waals surface area contributed by atoms with Crippen LogP contribution in [0, 0.1) is 5.92 Å². The van der Waals surface area contributed by atoms with Gasteiger partial charge in [-0.05, 0) is 49.7 Å². The number of benzene rings is 1. The van der Waals surface area contributed by atoms with E-state index >= 15 is 0 Å². The number of fused-ring (bicyclic) bond motifs is 1. The predicted molar refractivity (Wildman–Crippen MR) is 98.0 cm³/mol. The zero-order valence-electron chi connectivity index (χ0n) is 14.1. The SMILES string of the molecule is CC1(C2CCN(Cc3ccccc3)C2)NC=Cc2nc(N)ccc21. The van der Waals surface area contributed by atoms with Gasteiger partial charge in [0.15, 0.2) is 0 Å². The molecule has 2 atom stereocenters. The number of rotatable bonds is 3. The third kappa shape index (κ3) is 2.67. The molecule has 0 bridgehead atoms. The Bertz CT molecular complexity index is 755. The molecular weight excluding hydrogens is 296 g/mol. The minimum Gasteiger partial charge on any atom is -0.384 e. The molecule has 1 fully saturated rings. The standard InChI is InChI=1S/C20H24N4/c1-20(17-7-8-19(21)23-18(17)9-11-22-20)16-10-12-24(14-16)13-15-5-3-2-4-6-15/h2-9,11,16,22H,10,12-14H2,1H3,(H2,21,23). The Hall–Kier alpha value is -2.33. The minimum atomic E-state index is -0.0871. The van der Waals surface area contributed by atoms with Gasteiger partial charge in [0.1, 0.15) is 5.82 Å². The van der Waals surface area contributed by atoms with Gasteiger partial charge in [0, 0.05) is 18.7 Å². The van der Waals surface area contributed by atoms with E-state index in [1.807, 2.05) is 18.3 Å². The summed E-state index contributed by atoms with van der Waals surface area (Å²) in [4.78, 5) is 7.06. The van der Waals surface area contributed by atoms with Crippen LogP contribution in [0.2, 0.25) is 0 Å². The van der Waals surface area contributed by atoms with Gasteiger partial charge >= 0.3 is 0 Å². The van der Waals surface area contributed by atoms with Crippen LogP contribution in [0.3, 0.4) is 0 Å². The first-order chi connectivity index (χ1) is 11.6. The summed E-state index contributed by atoms with van der Waals surface area (Å²) in [6, 6.07) is 14.8. The van der Waals surface area contributed by atoms with E-state index in [0.29, 0.717) is 11.7 Å². The van der Waals surface area contributed by atoms with Crippen molar-refractivity contribution >= 4 is 11.9 Å². The molecule has 1 aromatic heterocycles. The zero-order valence-corrected chi connectivity index (χ0v) is 14.1. The van der Waals surface area contributed by atoms with Gasteiger partial charge in [-0.1, -0.05) is 36.4 Å². The third-order valence-electron chi connectivity index (χ3n) is 5.47. The number of nitrogens with zero attached hydrogens (tertiary/aromatic N) is 2. The molecule has 124 valence electrons. The number of nitrogens with two attached hydrogens (primary N) is 1. The van der Waals surface area contributed by atoms with Crippen molar-refractivity contribution in [3.63, 3.8) is 0 Å². The molecule has 0 amide bonds. The van der Waals surface area contributed by atoms with Crippen LogP contribution in [0.25, 0.3) is 6.08 Å². The minimum absolute atomic E-state index is 0.0871. The second-order valence-electron chi connectivity index (χ2n) is 7.06. The summed E-state index contributed by atoms with van der Waals surface area (Å²) < 4.78 is 0. The van der Waals surface area contributed by atoms with Crippen LogP contribution in [-0.4, -0.2) is 23.0 Å².